The van der Waals surface area contributed by atoms with Gasteiger partial charge in [0.1, 0.15) is 6.61 Å². The Morgan fingerprint density at radius 3 is 2.48 bits per heavy atom. The highest BCUT2D eigenvalue weighted by Crippen LogP contribution is 2.44. The largest absolute Gasteiger partial charge is 0.465 e. The molecule has 0 radical (unpaired) electrons. The quantitative estimate of drug-likeness (QED) is 0.212. The summed E-state index contributed by atoms with van der Waals surface area (Å²) in [5, 5.41) is 6.96. The molecule has 5 rings (SSSR count). The van der Waals surface area contributed by atoms with Gasteiger partial charge in [0.25, 0.3) is 0 Å². The zero-order valence-corrected chi connectivity index (χ0v) is 25.0. The van der Waals surface area contributed by atoms with Gasteiger partial charge in [-0.05, 0) is 92.6 Å². The van der Waals surface area contributed by atoms with Gasteiger partial charge < -0.3 is 29.6 Å². The Bertz CT molecular complexity index is 1650. The van der Waals surface area contributed by atoms with Gasteiger partial charge in [-0.2, -0.15) is 0 Å². The summed E-state index contributed by atoms with van der Waals surface area (Å²) >= 11 is 5.94. The lowest BCUT2D eigenvalue weighted by Crippen LogP contribution is -2.29. The number of thiocarbonyl (C=S) groups is 1. The summed E-state index contributed by atoms with van der Waals surface area (Å²) < 4.78 is 12.1. The zero-order chi connectivity index (χ0) is 30.0. The highest BCUT2D eigenvalue weighted by molar-refractivity contribution is 7.80. The Balaban J connectivity index is 1.63. The van der Waals surface area contributed by atoms with Crippen LogP contribution in [-0.2, 0) is 14.3 Å². The third-order valence-corrected chi connectivity index (χ3v) is 7.79. The van der Waals surface area contributed by atoms with Crippen molar-refractivity contribution < 1.29 is 19.1 Å². The van der Waals surface area contributed by atoms with Gasteiger partial charge >= 0.3 is 5.97 Å². The van der Waals surface area contributed by atoms with Crippen LogP contribution in [0.25, 0.3) is 5.69 Å². The number of anilines is 2. The van der Waals surface area contributed by atoms with Crippen molar-refractivity contribution in [3.63, 3.8) is 0 Å². The smallest absolute Gasteiger partial charge is 0.339 e. The number of ether oxygens (including phenoxy) is 2. The minimum Gasteiger partial charge on any atom is -0.465 e. The second kappa shape index (κ2) is 12.1. The first-order valence-corrected chi connectivity index (χ1v) is 13.9. The molecule has 1 fully saturated rings. The molecule has 2 N–H and O–H groups in total. The summed E-state index contributed by atoms with van der Waals surface area (Å²) in [5.41, 5.74) is 7.50. The maximum absolute atomic E-state index is 12.7. The van der Waals surface area contributed by atoms with Gasteiger partial charge in [0.05, 0.1) is 36.1 Å². The number of carbonyl (C=O) groups excluding carboxylic acids is 2. The molecule has 0 aliphatic carbocycles. The maximum Gasteiger partial charge on any atom is 0.339 e. The summed E-state index contributed by atoms with van der Waals surface area (Å²) in [7, 11) is 2.87. The lowest BCUT2D eigenvalue weighted by atomic mass is 9.96. The number of hydrogen-bond donors (Lipinski definition) is 2. The van der Waals surface area contributed by atoms with Crippen LogP contribution in [0, 0.1) is 20.8 Å². The number of benzene rings is 2. The van der Waals surface area contributed by atoms with E-state index in [2.05, 4.69) is 31.2 Å². The van der Waals surface area contributed by atoms with E-state index in [9.17, 15) is 9.59 Å². The predicted molar refractivity (Wildman–Crippen MR) is 166 cm³/mol. The third kappa shape index (κ3) is 5.38. The van der Waals surface area contributed by atoms with Gasteiger partial charge in [-0.1, -0.05) is 18.2 Å². The van der Waals surface area contributed by atoms with Crippen LogP contribution in [0.4, 0.5) is 11.4 Å². The first kappa shape index (κ1) is 29.0. The van der Waals surface area contributed by atoms with E-state index in [1.807, 2.05) is 75.4 Å². The molecular weight excluding hydrogens is 550 g/mol. The number of nitrogens with zero attached hydrogens (tertiary/aromatic N) is 3. The van der Waals surface area contributed by atoms with Crippen molar-refractivity contribution in [2.75, 3.05) is 31.0 Å². The van der Waals surface area contributed by atoms with Gasteiger partial charge in [-0.25, -0.2) is 4.79 Å². The molecule has 216 valence electrons. The monoisotopic (exact) mass is 583 g/mol. The Labute approximate surface area is 250 Å². The van der Waals surface area contributed by atoms with Crippen molar-refractivity contribution in [1.82, 2.24) is 14.9 Å². The summed E-state index contributed by atoms with van der Waals surface area (Å²) in [6.07, 6.45) is 1.78. The highest BCUT2D eigenvalue weighted by atomic mass is 32.1. The van der Waals surface area contributed by atoms with Crippen LogP contribution >= 0.6 is 12.2 Å². The molecule has 2 unspecified atom stereocenters. The maximum atomic E-state index is 12.7. The second-order valence-corrected chi connectivity index (χ2v) is 10.5. The number of hydrogen-bond acceptors (Lipinski definition) is 6. The van der Waals surface area contributed by atoms with E-state index in [1.165, 1.54) is 14.2 Å². The van der Waals surface area contributed by atoms with Crippen molar-refractivity contribution >= 4 is 40.6 Å². The van der Waals surface area contributed by atoms with Crippen molar-refractivity contribution in [1.29, 1.82) is 0 Å². The summed E-state index contributed by atoms with van der Waals surface area (Å²) in [6.45, 7) is 5.99. The van der Waals surface area contributed by atoms with E-state index < -0.39 is 5.97 Å². The van der Waals surface area contributed by atoms with Crippen molar-refractivity contribution in [3.8, 4) is 5.69 Å². The van der Waals surface area contributed by atoms with Crippen LogP contribution in [0.2, 0.25) is 0 Å². The van der Waals surface area contributed by atoms with E-state index in [0.717, 1.165) is 39.6 Å². The van der Waals surface area contributed by atoms with Gasteiger partial charge in [0.15, 0.2) is 5.11 Å². The topological polar surface area (TPSA) is 97.7 Å². The number of esters is 1. The molecule has 0 saturated carbocycles. The van der Waals surface area contributed by atoms with Gasteiger partial charge in [-0.15, -0.1) is 0 Å². The molecule has 1 aliphatic heterocycles. The lowest BCUT2D eigenvalue weighted by molar-refractivity contribution is -0.119. The first-order valence-electron chi connectivity index (χ1n) is 13.5. The number of rotatable bonds is 8. The molecule has 0 bridgehead atoms. The van der Waals surface area contributed by atoms with Crippen LogP contribution in [0.1, 0.15) is 50.7 Å². The minimum absolute atomic E-state index is 0.0239. The number of aryl methyl sites for hydroxylation is 2. The Morgan fingerprint density at radius 2 is 1.79 bits per heavy atom. The standard InChI is InChI=1S/C32H33N5O4S/c1-19-16-22(13-14-25(19)34-28(38)18-40-4)37-30(29(35-32(37)42)26-11-8-9-15-33-26)24-17-20(2)36(21(24)3)27-12-7-6-10-23(27)31(39)41-5/h6-17,29-30H,18H2,1-5H3,(H,34,38)(H,35,42). The Kier molecular flexibility index (Phi) is 8.37. The molecule has 10 heteroatoms. The average molecular weight is 584 g/mol. The van der Waals surface area contributed by atoms with Crippen LogP contribution in [0.5, 0.6) is 0 Å². The number of aromatic nitrogens is 2. The molecule has 9 nitrogen and oxygen atoms in total. The van der Waals surface area contributed by atoms with E-state index in [-0.39, 0.29) is 24.6 Å². The van der Waals surface area contributed by atoms with Crippen LogP contribution in [-0.4, -0.2) is 47.4 Å². The summed E-state index contributed by atoms with van der Waals surface area (Å²) in [4.78, 5) is 31.6. The molecule has 4 aromatic rings. The van der Waals surface area contributed by atoms with Crippen LogP contribution < -0.4 is 15.5 Å². The van der Waals surface area contributed by atoms with Gasteiger partial charge in [-0.3, -0.25) is 9.78 Å². The molecule has 2 aromatic heterocycles. The molecule has 3 heterocycles. The van der Waals surface area contributed by atoms with Crippen LogP contribution in [0.3, 0.4) is 0 Å². The Morgan fingerprint density at radius 1 is 1.02 bits per heavy atom. The minimum atomic E-state index is -0.399. The van der Waals surface area contributed by atoms with Gasteiger partial charge in [0.2, 0.25) is 5.91 Å². The van der Waals surface area contributed by atoms with E-state index in [0.29, 0.717) is 16.4 Å². The number of methoxy groups -OCH3 is 2. The number of amides is 1. The van der Waals surface area contributed by atoms with Crippen molar-refractivity contribution in [2.24, 2.45) is 0 Å². The van der Waals surface area contributed by atoms with Crippen molar-refractivity contribution in [2.45, 2.75) is 32.9 Å². The molecular formula is C32H33N5O4S. The summed E-state index contributed by atoms with van der Waals surface area (Å²) in [6, 6.07) is 20.7. The fourth-order valence-corrected chi connectivity index (χ4v) is 5.96. The fraction of sp³-hybridized carbons (Fsp3) is 0.250. The number of carbonyl (C=O) groups is 2. The molecule has 2 aromatic carbocycles. The molecule has 42 heavy (non-hydrogen) atoms. The van der Waals surface area contributed by atoms with E-state index >= 15 is 0 Å². The molecule has 2 atom stereocenters. The number of para-hydroxylation sites is 1. The fourth-order valence-electron chi connectivity index (χ4n) is 5.61. The molecule has 0 spiro atoms. The molecule has 1 amide bonds. The van der Waals surface area contributed by atoms with Gasteiger partial charge in [0, 0.05) is 36.1 Å². The normalized spacial score (nSPS) is 16.3. The Hall–Kier alpha value is -4.54. The predicted octanol–water partition coefficient (Wildman–Crippen LogP) is 5.35. The third-order valence-electron chi connectivity index (χ3n) is 7.47. The zero-order valence-electron chi connectivity index (χ0n) is 24.2. The lowest BCUT2D eigenvalue weighted by Gasteiger charge is -2.29. The van der Waals surface area contributed by atoms with E-state index in [4.69, 9.17) is 21.7 Å². The SMILES string of the molecule is COCC(=O)Nc1ccc(N2C(=S)NC(c3ccccn3)C2c2cc(C)n(-c3ccccc3C(=O)OC)c2C)cc1C. The first-order chi connectivity index (χ1) is 20.2. The van der Waals surface area contributed by atoms with Crippen molar-refractivity contribution in [3.05, 3.63) is 107 Å². The summed E-state index contributed by atoms with van der Waals surface area (Å²) in [5.74, 6) is -0.621. The molecule has 1 saturated heterocycles. The number of pyridine rings is 1. The van der Waals surface area contributed by atoms with E-state index in [1.54, 1.807) is 12.3 Å². The molecule has 1 aliphatic rings. The average Bonchev–Trinajstić information content (AvgIpc) is 3.48. The van der Waals surface area contributed by atoms with Crippen LogP contribution in [0.15, 0.2) is 72.9 Å². The highest BCUT2D eigenvalue weighted by Gasteiger charge is 2.42. The second-order valence-electron chi connectivity index (χ2n) is 10.1. The number of nitrogens with one attached hydrogen (secondary N) is 2.